The predicted octanol–water partition coefficient (Wildman–Crippen LogP) is 1.41. The summed E-state index contributed by atoms with van der Waals surface area (Å²) in [5.41, 5.74) is 1.56. The standard InChI is InChI=1S/C16H19ClN2O3/c1-12(10-13-2-4-14(17)5-3-13)16(22)19-8-6-18(7-9-19)15(21)11-20/h2-5,10,20H,6-9,11H2,1H3/b12-10-. The Morgan fingerprint density at radius 1 is 1.14 bits per heavy atom. The normalized spacial score (nSPS) is 15.9. The average molecular weight is 323 g/mol. The summed E-state index contributed by atoms with van der Waals surface area (Å²) < 4.78 is 0. The number of nitrogens with zero attached hydrogens (tertiary/aromatic N) is 2. The first-order valence-corrected chi connectivity index (χ1v) is 7.51. The number of carbonyl (C=O) groups is 2. The summed E-state index contributed by atoms with van der Waals surface area (Å²) in [4.78, 5) is 27.1. The van der Waals surface area contributed by atoms with Crippen molar-refractivity contribution >= 4 is 29.5 Å². The third-order valence-electron chi connectivity index (χ3n) is 3.65. The van der Waals surface area contributed by atoms with Gasteiger partial charge in [0.05, 0.1) is 0 Å². The van der Waals surface area contributed by atoms with Crippen LogP contribution in [0.1, 0.15) is 12.5 Å². The number of amides is 2. The Labute approximate surface area is 134 Å². The second kappa shape index (κ2) is 7.42. The van der Waals surface area contributed by atoms with E-state index in [1.54, 1.807) is 28.9 Å². The third-order valence-corrected chi connectivity index (χ3v) is 3.90. The molecule has 1 fully saturated rings. The van der Waals surface area contributed by atoms with Crippen LogP contribution in [-0.2, 0) is 9.59 Å². The Kier molecular flexibility index (Phi) is 5.57. The lowest BCUT2D eigenvalue weighted by Gasteiger charge is -2.34. The Morgan fingerprint density at radius 2 is 1.68 bits per heavy atom. The summed E-state index contributed by atoms with van der Waals surface area (Å²) >= 11 is 5.84. The van der Waals surface area contributed by atoms with Crippen molar-refractivity contribution in [2.45, 2.75) is 6.92 Å². The Balaban J connectivity index is 1.97. The molecule has 2 rings (SSSR count). The van der Waals surface area contributed by atoms with E-state index in [1.165, 1.54) is 0 Å². The van der Waals surface area contributed by atoms with E-state index in [-0.39, 0.29) is 11.8 Å². The fourth-order valence-electron chi connectivity index (χ4n) is 2.38. The molecule has 2 amide bonds. The van der Waals surface area contributed by atoms with E-state index >= 15 is 0 Å². The first-order chi connectivity index (χ1) is 10.5. The third kappa shape index (κ3) is 4.08. The number of hydrogen-bond acceptors (Lipinski definition) is 3. The van der Waals surface area contributed by atoms with Crippen LogP contribution in [0.4, 0.5) is 0 Å². The molecule has 0 atom stereocenters. The monoisotopic (exact) mass is 322 g/mol. The fourth-order valence-corrected chi connectivity index (χ4v) is 2.51. The van der Waals surface area contributed by atoms with E-state index in [0.717, 1.165) is 5.56 Å². The summed E-state index contributed by atoms with van der Waals surface area (Å²) in [5, 5.41) is 9.50. The van der Waals surface area contributed by atoms with Crippen LogP contribution < -0.4 is 0 Å². The van der Waals surface area contributed by atoms with Crippen molar-refractivity contribution in [1.29, 1.82) is 0 Å². The second-order valence-corrected chi connectivity index (χ2v) is 5.65. The summed E-state index contributed by atoms with van der Waals surface area (Å²) in [6.45, 7) is 3.18. The molecule has 5 nitrogen and oxygen atoms in total. The van der Waals surface area contributed by atoms with Gasteiger partial charge in [-0.3, -0.25) is 9.59 Å². The van der Waals surface area contributed by atoms with Gasteiger partial charge in [-0.1, -0.05) is 23.7 Å². The van der Waals surface area contributed by atoms with E-state index in [0.29, 0.717) is 36.8 Å². The lowest BCUT2D eigenvalue weighted by atomic mass is 10.1. The number of aliphatic hydroxyl groups excluding tert-OH is 1. The molecule has 1 aliphatic rings. The number of hydrogen-bond donors (Lipinski definition) is 1. The van der Waals surface area contributed by atoms with Crippen molar-refractivity contribution in [3.8, 4) is 0 Å². The molecular formula is C16H19ClN2O3. The van der Waals surface area contributed by atoms with Crippen molar-refractivity contribution in [2.24, 2.45) is 0 Å². The molecule has 0 radical (unpaired) electrons. The van der Waals surface area contributed by atoms with Crippen LogP contribution in [0, 0.1) is 0 Å². The van der Waals surface area contributed by atoms with E-state index in [1.807, 2.05) is 18.2 Å². The topological polar surface area (TPSA) is 60.9 Å². The summed E-state index contributed by atoms with van der Waals surface area (Å²) in [5.74, 6) is -0.327. The molecule has 22 heavy (non-hydrogen) atoms. The van der Waals surface area contributed by atoms with Gasteiger partial charge in [0.1, 0.15) is 6.61 Å². The van der Waals surface area contributed by atoms with Crippen LogP contribution in [0.2, 0.25) is 5.02 Å². The van der Waals surface area contributed by atoms with Crippen LogP contribution in [0.15, 0.2) is 29.8 Å². The molecule has 0 saturated carbocycles. The molecule has 0 bridgehead atoms. The first kappa shape index (κ1) is 16.5. The molecule has 0 spiro atoms. The van der Waals surface area contributed by atoms with Crippen LogP contribution in [-0.4, -0.2) is 59.5 Å². The quantitative estimate of drug-likeness (QED) is 0.856. The van der Waals surface area contributed by atoms with Crippen molar-refractivity contribution in [3.05, 3.63) is 40.4 Å². The molecular weight excluding hydrogens is 304 g/mol. The lowest BCUT2D eigenvalue weighted by molar-refractivity contribution is -0.139. The number of halogens is 1. The SMILES string of the molecule is C/C(=C/c1ccc(Cl)cc1)C(=O)N1CCN(C(=O)CO)CC1. The van der Waals surface area contributed by atoms with Crippen LogP contribution in [0.5, 0.6) is 0 Å². The van der Waals surface area contributed by atoms with E-state index in [2.05, 4.69) is 0 Å². The van der Waals surface area contributed by atoms with E-state index in [9.17, 15) is 9.59 Å². The lowest BCUT2D eigenvalue weighted by Crippen LogP contribution is -2.51. The van der Waals surface area contributed by atoms with Crippen molar-refractivity contribution in [3.63, 3.8) is 0 Å². The van der Waals surface area contributed by atoms with E-state index < -0.39 is 6.61 Å². The minimum absolute atomic E-state index is 0.0361. The van der Waals surface area contributed by atoms with Crippen LogP contribution in [0.3, 0.4) is 0 Å². The highest BCUT2D eigenvalue weighted by Gasteiger charge is 2.24. The summed E-state index contributed by atoms with van der Waals surface area (Å²) in [6.07, 6.45) is 1.82. The van der Waals surface area contributed by atoms with Crippen LogP contribution >= 0.6 is 11.6 Å². The van der Waals surface area contributed by atoms with Gasteiger partial charge >= 0.3 is 0 Å². The number of rotatable bonds is 3. The molecule has 1 saturated heterocycles. The molecule has 0 aromatic heterocycles. The maximum atomic E-state index is 12.4. The average Bonchev–Trinajstić information content (AvgIpc) is 2.55. The van der Waals surface area contributed by atoms with Crippen molar-refractivity contribution in [1.82, 2.24) is 9.80 Å². The van der Waals surface area contributed by atoms with Gasteiger partial charge in [0.15, 0.2) is 0 Å². The highest BCUT2D eigenvalue weighted by Crippen LogP contribution is 2.14. The predicted molar refractivity (Wildman–Crippen MR) is 85.3 cm³/mol. The second-order valence-electron chi connectivity index (χ2n) is 5.21. The Morgan fingerprint density at radius 3 is 2.23 bits per heavy atom. The zero-order chi connectivity index (χ0) is 16.1. The zero-order valence-corrected chi connectivity index (χ0v) is 13.2. The molecule has 0 unspecified atom stereocenters. The largest absolute Gasteiger partial charge is 0.387 e. The van der Waals surface area contributed by atoms with Crippen molar-refractivity contribution in [2.75, 3.05) is 32.8 Å². The maximum absolute atomic E-state index is 12.4. The molecule has 1 aromatic carbocycles. The van der Waals surface area contributed by atoms with Gasteiger partial charge in [-0.25, -0.2) is 0 Å². The number of piperazine rings is 1. The van der Waals surface area contributed by atoms with Gasteiger partial charge in [0, 0.05) is 36.8 Å². The van der Waals surface area contributed by atoms with Crippen LogP contribution in [0.25, 0.3) is 6.08 Å². The molecule has 1 N–H and O–H groups in total. The number of benzene rings is 1. The molecule has 1 aromatic rings. The smallest absolute Gasteiger partial charge is 0.249 e. The minimum atomic E-state index is -0.483. The molecule has 0 aliphatic carbocycles. The van der Waals surface area contributed by atoms with Gasteiger partial charge in [0.2, 0.25) is 11.8 Å². The van der Waals surface area contributed by atoms with Gasteiger partial charge in [-0.15, -0.1) is 0 Å². The van der Waals surface area contributed by atoms with Gasteiger partial charge in [-0.05, 0) is 30.7 Å². The number of carbonyl (C=O) groups excluding carboxylic acids is 2. The Bertz CT molecular complexity index is 576. The summed E-state index contributed by atoms with van der Waals surface area (Å²) in [7, 11) is 0. The zero-order valence-electron chi connectivity index (χ0n) is 12.5. The van der Waals surface area contributed by atoms with E-state index in [4.69, 9.17) is 16.7 Å². The fraction of sp³-hybridized carbons (Fsp3) is 0.375. The highest BCUT2D eigenvalue weighted by molar-refractivity contribution is 6.30. The molecule has 118 valence electrons. The number of aliphatic hydroxyl groups is 1. The molecule has 1 aliphatic heterocycles. The van der Waals surface area contributed by atoms with Gasteiger partial charge < -0.3 is 14.9 Å². The summed E-state index contributed by atoms with van der Waals surface area (Å²) in [6, 6.07) is 7.28. The van der Waals surface area contributed by atoms with Crippen molar-refractivity contribution < 1.29 is 14.7 Å². The van der Waals surface area contributed by atoms with Gasteiger partial charge in [0.25, 0.3) is 0 Å². The maximum Gasteiger partial charge on any atom is 0.249 e. The minimum Gasteiger partial charge on any atom is -0.387 e. The highest BCUT2D eigenvalue weighted by atomic mass is 35.5. The first-order valence-electron chi connectivity index (χ1n) is 7.13. The molecule has 6 heteroatoms. The van der Waals surface area contributed by atoms with Gasteiger partial charge in [-0.2, -0.15) is 0 Å². The molecule has 1 heterocycles. The Hall–Kier alpha value is -1.85.